The van der Waals surface area contributed by atoms with Crippen LogP contribution >= 0.6 is 0 Å². The average Bonchev–Trinajstić information content (AvgIpc) is 1.48. The molecule has 15 aliphatic carbocycles. The molecule has 24 heterocycles. The Hall–Kier alpha value is -13.3. The largest absolute Gasteiger partial charge is 0.553 e. The predicted molar refractivity (Wildman–Crippen MR) is 452 cm³/mol. The Labute approximate surface area is 680 Å². The number of fused-ring (bicyclic) bond motifs is 5. The van der Waals surface area contributed by atoms with E-state index < -0.39 is 17.7 Å². The molecule has 12 nitrogen and oxygen atoms in total. The van der Waals surface area contributed by atoms with Crippen molar-refractivity contribution in [1.82, 2.24) is 27.4 Å². The molecule has 0 amide bonds. The molecule has 11 atom stereocenters. The summed E-state index contributed by atoms with van der Waals surface area (Å²) in [6.45, 7) is 0. The zero-order valence-electron chi connectivity index (χ0n) is 64.8. The molecule has 4 aromatic carbocycles. The maximum Gasteiger partial charge on any atom is 0.553 e. The Morgan fingerprint density at radius 3 is 1.01 bits per heavy atom. The van der Waals surface area contributed by atoms with Crippen LogP contribution in [0.4, 0.5) is 0 Å². The van der Waals surface area contributed by atoms with Gasteiger partial charge in [-0.05, 0) is 198 Å². The van der Waals surface area contributed by atoms with E-state index in [1.165, 1.54) is 186 Å². The number of benzene rings is 4. The lowest BCUT2D eigenvalue weighted by Crippen LogP contribution is -2.70. The van der Waals surface area contributed by atoms with E-state index in [-0.39, 0.29) is 0 Å². The second-order valence-electron chi connectivity index (χ2n) is 39.2. The van der Waals surface area contributed by atoms with Crippen molar-refractivity contribution in [2.24, 2.45) is 11.8 Å². The fraction of sp³-hybridized carbons (Fsp3) is 0.215. The van der Waals surface area contributed by atoms with Gasteiger partial charge < -0.3 is 0 Å². The average molecular weight is 1520 g/mol. The van der Waals surface area contributed by atoms with Crippen LogP contribution in [0.1, 0.15) is 212 Å². The van der Waals surface area contributed by atoms with Gasteiger partial charge in [-0.15, -0.1) is 0 Å². The Bertz CT molecular complexity index is 8310. The molecule has 10 bridgehead atoms. The second kappa shape index (κ2) is 17.6. The molecule has 0 saturated heterocycles. The Morgan fingerprint density at radius 2 is 0.546 bits per heavy atom. The first kappa shape index (κ1) is 57.7. The van der Waals surface area contributed by atoms with Gasteiger partial charge in [0.25, 0.3) is 0 Å². The molecule has 12 heteroatoms. The monoisotopic (exact) mass is 1520 g/mol. The lowest BCUT2D eigenvalue weighted by atomic mass is 9.62. The van der Waals surface area contributed by atoms with Crippen molar-refractivity contribution < 1.29 is 27.5 Å². The van der Waals surface area contributed by atoms with E-state index >= 15 is 0 Å². The van der Waals surface area contributed by atoms with Crippen LogP contribution in [0, 0.1) is 11.8 Å². The molecule has 33 aliphatic rings. The third kappa shape index (κ3) is 5.36. The van der Waals surface area contributed by atoms with Crippen LogP contribution in [0.3, 0.4) is 0 Å². The number of rotatable bonds is 0. The Morgan fingerprint density at radius 1 is 0.227 bits per heavy atom. The topological polar surface area (TPSA) is 47.6 Å². The maximum atomic E-state index is 3.00. The molecule has 552 valence electrons. The molecule has 18 aliphatic heterocycles. The third-order valence-electron chi connectivity index (χ3n) is 35.5. The zero-order chi connectivity index (χ0) is 75.0. The van der Waals surface area contributed by atoms with Crippen molar-refractivity contribution in [2.75, 3.05) is 0 Å². The minimum Gasteiger partial charge on any atom is -0.199 e. The molecule has 0 N–H and O–H groups in total. The van der Waals surface area contributed by atoms with E-state index in [0.29, 0.717) is 59.2 Å². The Balaban J connectivity index is 0.000000108. The highest BCUT2D eigenvalue weighted by Crippen LogP contribution is 2.69. The number of nitrogens with zero attached hydrogens (tertiary/aromatic N) is 12. The molecule has 0 fully saturated rings. The SMILES string of the molecule is C1=C2C3=C(C4=[N+]2C25n6c(c7c(c6C=c6c8c(c(n62)=C4)C2CCC8c4ccccc42)C2CCC7c4ccccc42)C=C2C4=C(C1=[N+]25)C1CCC4c2ccccc21)C1CCC3c2ccccc21.C1=CC2=[N+]3C1=CC1=[N+]4C(=Cc5ccc6n5C34n3c(ccc3=C6)=C2)C2=C1C1CCC2C2=C1C1=[N+]3C2=Cc2ccc4n2C32n3c(ccc3=C4)=CC3=[N+]2C(=C1)C=C3. The Kier molecular flexibility index (Phi) is 8.54. The number of hydrogen-bond donors (Lipinski definition) is 0. The molecule has 6 aromatic heterocycles. The van der Waals surface area contributed by atoms with E-state index in [1.807, 2.05) is 0 Å². The summed E-state index contributed by atoms with van der Waals surface area (Å²) in [4.78, 5) is 0. The van der Waals surface area contributed by atoms with Crippen molar-refractivity contribution in [3.8, 4) is 0 Å². The first-order chi connectivity index (χ1) is 59.0. The van der Waals surface area contributed by atoms with Gasteiger partial charge in [0.1, 0.15) is 0 Å². The highest BCUT2D eigenvalue weighted by molar-refractivity contribution is 6.23. The lowest BCUT2D eigenvalue weighted by Gasteiger charge is -2.39. The van der Waals surface area contributed by atoms with Crippen LogP contribution in [-0.4, -0.2) is 89.1 Å². The summed E-state index contributed by atoms with van der Waals surface area (Å²) in [7, 11) is 0. The third-order valence-corrected chi connectivity index (χ3v) is 35.5. The fourth-order valence-electron chi connectivity index (χ4n) is 32.4. The minimum atomic E-state index is -0.657. The number of hydrogen-bond acceptors (Lipinski definition) is 0. The normalized spacial score (nSPS) is 32.1. The van der Waals surface area contributed by atoms with Crippen molar-refractivity contribution in [3.63, 3.8) is 0 Å². The zero-order valence-corrected chi connectivity index (χ0v) is 64.8. The van der Waals surface area contributed by atoms with Crippen molar-refractivity contribution in [3.05, 3.63) is 400 Å². The smallest absolute Gasteiger partial charge is 0.199 e. The van der Waals surface area contributed by atoms with E-state index in [2.05, 4.69) is 298 Å². The number of allylic oxidation sites excluding steroid dienone is 15. The van der Waals surface area contributed by atoms with Crippen LogP contribution in [0.5, 0.6) is 0 Å². The van der Waals surface area contributed by atoms with Crippen LogP contribution < -0.4 is 32.1 Å². The molecular weight excluding hydrogens is 1450 g/mol. The fourth-order valence-corrected chi connectivity index (χ4v) is 32.4. The van der Waals surface area contributed by atoms with Gasteiger partial charge in [-0.25, -0.2) is 0 Å². The molecular formula is C107H70N12+6. The molecule has 0 saturated carbocycles. The van der Waals surface area contributed by atoms with Gasteiger partial charge in [0.05, 0.1) is 84.5 Å². The van der Waals surface area contributed by atoms with Gasteiger partial charge in [0, 0.05) is 165 Å². The summed E-state index contributed by atoms with van der Waals surface area (Å²) in [6.07, 6.45) is 52.2. The second-order valence-corrected chi connectivity index (χ2v) is 39.2. The molecule has 119 heavy (non-hydrogen) atoms. The van der Waals surface area contributed by atoms with Crippen LogP contribution in [0.15, 0.2) is 267 Å². The summed E-state index contributed by atoms with van der Waals surface area (Å²) in [6, 6.07) is 57.1. The highest BCUT2D eigenvalue weighted by Gasteiger charge is 2.80. The van der Waals surface area contributed by atoms with E-state index in [1.54, 1.807) is 111 Å². The summed E-state index contributed by atoms with van der Waals surface area (Å²) >= 11 is 0. The first-order valence-electron chi connectivity index (χ1n) is 44.6. The molecule has 3 spiro atoms. The molecule has 11 unspecified atom stereocenters. The van der Waals surface area contributed by atoms with E-state index in [0.717, 1.165) is 12.8 Å². The predicted octanol–water partition coefficient (Wildman–Crippen LogP) is 12.0. The standard InChI is InChI=1S/C61H44N4.C46H26N8/c1-2-10-30-29(9-1)37-17-18-38(30)54-46-26-48-56-40-21-22-42(34-14-6-5-13-33(34)40)58(56)50-28-52-60-44-24-23-43(35-15-7-8-16-36(35)44)59(60)51-27-49-57-41-20-19-39(31-11-3-4-12-32(31)41)55(57)47-25-45(53(37)54)62(46)61(63(47)49,64(48)50)65(51)52;1-2-24-16-28-6-10-32-20-38-42-36-14-13-35(41(42)37-19-31-9-5-27-15-23(1)47(24)45(49(27)31,50(28)32)53(37)38)43-39-21-33-11-7-29-17-25-3-4-26-18-30-8-12-34-22-40(44(36)43)54(39)46(48(25)26,51(29)33)52(30)34/h1-16,25-28,37-44H,17-24H2;1-12,15-22,35-36H,13-14H2/q+2;+4. The molecule has 0 radical (unpaired) electrons. The van der Waals surface area contributed by atoms with Crippen LogP contribution in [0.2, 0.25) is 0 Å². The highest BCUT2D eigenvalue weighted by atomic mass is 15.7. The van der Waals surface area contributed by atoms with Crippen molar-refractivity contribution >= 4 is 89.0 Å². The van der Waals surface area contributed by atoms with Gasteiger partial charge >= 0.3 is 17.7 Å². The minimum absolute atomic E-state index is 0.297. The van der Waals surface area contributed by atoms with Gasteiger partial charge in [0.15, 0.2) is 0 Å². The molecule has 43 rings (SSSR count). The van der Waals surface area contributed by atoms with Crippen LogP contribution in [-0.2, 0) is 17.7 Å². The number of aromatic nitrogens is 6. The van der Waals surface area contributed by atoms with Gasteiger partial charge in [0.2, 0.25) is 68.5 Å². The first-order valence-corrected chi connectivity index (χ1v) is 44.6. The van der Waals surface area contributed by atoms with Gasteiger partial charge in [-0.1, -0.05) is 125 Å². The maximum absolute atomic E-state index is 3.00. The van der Waals surface area contributed by atoms with E-state index in [9.17, 15) is 0 Å². The van der Waals surface area contributed by atoms with Crippen molar-refractivity contribution in [2.45, 2.75) is 129 Å². The molecule has 10 aromatic rings. The van der Waals surface area contributed by atoms with Crippen molar-refractivity contribution in [1.29, 1.82) is 0 Å². The van der Waals surface area contributed by atoms with E-state index in [4.69, 9.17) is 0 Å². The lowest BCUT2D eigenvalue weighted by molar-refractivity contribution is -0.837. The summed E-state index contributed by atoms with van der Waals surface area (Å²) in [5.41, 5.74) is 56.8. The van der Waals surface area contributed by atoms with Crippen LogP contribution in [0.25, 0.3) is 54.7 Å². The van der Waals surface area contributed by atoms with Gasteiger partial charge in [-0.2, -0.15) is 27.4 Å². The summed E-state index contributed by atoms with van der Waals surface area (Å²) in [5.74, 6) is 2.09. The summed E-state index contributed by atoms with van der Waals surface area (Å²) < 4.78 is 33.2. The summed E-state index contributed by atoms with van der Waals surface area (Å²) in [5, 5.41) is 8.04. The van der Waals surface area contributed by atoms with Gasteiger partial charge in [-0.3, -0.25) is 0 Å². The quantitative estimate of drug-likeness (QED) is 0.136.